The molecule has 0 saturated heterocycles. The summed E-state index contributed by atoms with van der Waals surface area (Å²) in [4.78, 5) is 34.4. The van der Waals surface area contributed by atoms with Gasteiger partial charge in [-0.25, -0.2) is 27.9 Å². The molecule has 6 aromatic heterocycles. The summed E-state index contributed by atoms with van der Waals surface area (Å²) in [6.07, 6.45) is 18.9. The molecule has 0 bridgehead atoms. The molecule has 0 atom stereocenters. The Morgan fingerprint density at radius 1 is 0.521 bits per heavy atom. The van der Waals surface area contributed by atoms with E-state index in [0.717, 1.165) is 22.3 Å². The maximum absolute atomic E-state index is 12.8. The molecular formula is C38H36N6O4+4. The minimum absolute atomic E-state index is 0.204. The lowest BCUT2D eigenvalue weighted by Crippen LogP contribution is -2.35. The summed E-state index contributed by atoms with van der Waals surface area (Å²) in [6, 6.07) is 22.8. The molecular weight excluding hydrogens is 604 g/mol. The van der Waals surface area contributed by atoms with E-state index >= 15 is 0 Å². The van der Waals surface area contributed by atoms with Crippen molar-refractivity contribution >= 4 is 11.9 Å². The molecule has 6 heterocycles. The lowest BCUT2D eigenvalue weighted by molar-refractivity contribution is -0.697. The number of carbonyl (C=O) groups is 2. The highest BCUT2D eigenvalue weighted by atomic mass is 16.5. The monoisotopic (exact) mass is 640 g/mol. The molecule has 6 aromatic rings. The fourth-order valence-corrected chi connectivity index (χ4v) is 5.03. The highest BCUT2D eigenvalue weighted by molar-refractivity contribution is 5.92. The molecule has 0 N–H and O–H groups in total. The van der Waals surface area contributed by atoms with E-state index in [-0.39, 0.29) is 13.2 Å². The van der Waals surface area contributed by atoms with Gasteiger partial charge >= 0.3 is 11.9 Å². The lowest BCUT2D eigenvalue weighted by Gasteiger charge is -2.07. The largest absolute Gasteiger partial charge is 0.455 e. The molecule has 0 aliphatic carbocycles. The molecule has 0 amide bonds. The van der Waals surface area contributed by atoms with Crippen LogP contribution in [0.2, 0.25) is 0 Å². The number of pyridine rings is 6. The Bertz CT molecular complexity index is 1870. The average Bonchev–Trinajstić information content (AvgIpc) is 3.13. The number of aryl methyl sites for hydroxylation is 2. The molecule has 0 aliphatic heterocycles. The first kappa shape index (κ1) is 31.8. The van der Waals surface area contributed by atoms with Crippen LogP contribution in [-0.2, 0) is 36.7 Å². The van der Waals surface area contributed by atoms with E-state index in [0.29, 0.717) is 35.6 Å². The maximum atomic E-state index is 12.8. The highest BCUT2D eigenvalue weighted by Gasteiger charge is 2.15. The number of hydrogen-bond acceptors (Lipinski definition) is 6. The maximum Gasteiger partial charge on any atom is 0.338 e. The topological polar surface area (TPSA) is 93.9 Å². The standard InChI is InChI=1S/C38H36N6O4/c1-41-15-5-29(6-16-41)31-9-19-43(20-10-31)23-25-47-37(45)33-3-13-39-35(27-33)36-28-34(4-14-40-36)38(46)48-26-24-44-21-11-32(12-22-44)30-7-17-42(2)18-8-30/h3-22,27-28H,23-26H2,1-2H3/q+4. The zero-order valence-corrected chi connectivity index (χ0v) is 26.8. The summed E-state index contributed by atoms with van der Waals surface area (Å²) in [5.74, 6) is -0.931. The van der Waals surface area contributed by atoms with Gasteiger partial charge in [-0.3, -0.25) is 9.97 Å². The summed E-state index contributed by atoms with van der Waals surface area (Å²) < 4.78 is 19.0. The lowest BCUT2D eigenvalue weighted by atomic mass is 10.1. The number of carbonyl (C=O) groups excluding carboxylic acids is 2. The van der Waals surface area contributed by atoms with E-state index in [1.807, 2.05) is 106 Å². The molecule has 0 aliphatic rings. The van der Waals surface area contributed by atoms with E-state index in [1.165, 1.54) is 12.4 Å². The van der Waals surface area contributed by atoms with Crippen LogP contribution >= 0.6 is 0 Å². The smallest absolute Gasteiger partial charge is 0.338 e. The van der Waals surface area contributed by atoms with Gasteiger partial charge in [0.05, 0.1) is 22.5 Å². The van der Waals surface area contributed by atoms with Crippen molar-refractivity contribution in [1.29, 1.82) is 0 Å². The van der Waals surface area contributed by atoms with E-state index in [9.17, 15) is 9.59 Å². The van der Waals surface area contributed by atoms with Crippen LogP contribution in [0.25, 0.3) is 33.6 Å². The molecule has 48 heavy (non-hydrogen) atoms. The van der Waals surface area contributed by atoms with Crippen molar-refractivity contribution in [3.8, 4) is 33.6 Å². The molecule has 0 radical (unpaired) electrons. The Balaban J connectivity index is 0.998. The number of esters is 2. The van der Waals surface area contributed by atoms with Crippen molar-refractivity contribution in [2.24, 2.45) is 14.1 Å². The first-order valence-corrected chi connectivity index (χ1v) is 15.6. The van der Waals surface area contributed by atoms with Crippen LogP contribution in [-0.4, -0.2) is 35.1 Å². The first-order valence-electron chi connectivity index (χ1n) is 15.6. The molecule has 10 heteroatoms. The number of nitrogens with zero attached hydrogens (tertiary/aromatic N) is 6. The van der Waals surface area contributed by atoms with Gasteiger partial charge in [-0.05, 0) is 46.5 Å². The summed E-state index contributed by atoms with van der Waals surface area (Å²) in [7, 11) is 3.97. The van der Waals surface area contributed by atoms with Gasteiger partial charge in [-0.2, -0.15) is 0 Å². The SMILES string of the molecule is C[n+]1ccc(-c2cc[n+](CCOC(=O)c3ccnc(-c4cc(C(=O)OCC[n+]5ccc(-c6cc[n+](C)cc6)cc5)ccn4)c3)cc2)cc1. The van der Waals surface area contributed by atoms with Crippen molar-refractivity contribution < 1.29 is 37.3 Å². The first-order chi connectivity index (χ1) is 23.4. The quantitative estimate of drug-likeness (QED) is 0.159. The fourth-order valence-electron chi connectivity index (χ4n) is 5.03. The van der Waals surface area contributed by atoms with E-state index in [2.05, 4.69) is 34.2 Å². The van der Waals surface area contributed by atoms with Gasteiger partial charge in [-0.15, -0.1) is 0 Å². The van der Waals surface area contributed by atoms with Gasteiger partial charge in [0.2, 0.25) is 0 Å². The number of rotatable bonds is 11. The molecule has 0 aromatic carbocycles. The average molecular weight is 641 g/mol. The predicted octanol–water partition coefficient (Wildman–Crippen LogP) is 3.42. The second kappa shape index (κ2) is 15.0. The number of ether oxygens (including phenoxy) is 2. The minimum Gasteiger partial charge on any atom is -0.455 e. The van der Waals surface area contributed by atoms with Crippen LogP contribution in [0.4, 0.5) is 0 Å². The normalized spacial score (nSPS) is 10.8. The Morgan fingerprint density at radius 2 is 0.854 bits per heavy atom. The number of hydrogen-bond donors (Lipinski definition) is 0. The summed E-state index contributed by atoms with van der Waals surface area (Å²) in [6.45, 7) is 1.43. The van der Waals surface area contributed by atoms with Gasteiger partial charge in [0.25, 0.3) is 0 Å². The Hall–Kier alpha value is -6.16. The second-order valence-corrected chi connectivity index (χ2v) is 11.3. The molecule has 0 unspecified atom stereocenters. The molecule has 0 spiro atoms. The van der Waals surface area contributed by atoms with Crippen molar-refractivity contribution in [1.82, 2.24) is 9.97 Å². The van der Waals surface area contributed by atoms with Crippen molar-refractivity contribution in [2.75, 3.05) is 13.2 Å². The fraction of sp³-hybridized carbons (Fsp3) is 0.158. The van der Waals surface area contributed by atoms with Crippen LogP contribution in [0.3, 0.4) is 0 Å². The van der Waals surface area contributed by atoms with Crippen LogP contribution in [0.1, 0.15) is 20.7 Å². The highest BCUT2D eigenvalue weighted by Crippen LogP contribution is 2.19. The second-order valence-electron chi connectivity index (χ2n) is 11.3. The zero-order chi connectivity index (χ0) is 33.3. The Labute approximate surface area is 278 Å². The van der Waals surface area contributed by atoms with Gasteiger partial charge in [0.15, 0.2) is 75.9 Å². The molecule has 0 saturated carbocycles. The number of aromatic nitrogens is 6. The van der Waals surface area contributed by atoms with Gasteiger partial charge in [0, 0.05) is 60.9 Å². The van der Waals surface area contributed by atoms with Crippen LogP contribution in [0, 0.1) is 0 Å². The molecule has 0 fully saturated rings. The minimum atomic E-state index is -0.466. The van der Waals surface area contributed by atoms with Crippen molar-refractivity contribution in [3.05, 3.63) is 146 Å². The predicted molar refractivity (Wildman–Crippen MR) is 175 cm³/mol. The van der Waals surface area contributed by atoms with Crippen LogP contribution in [0.15, 0.2) is 135 Å². The Morgan fingerprint density at radius 3 is 1.21 bits per heavy atom. The third-order valence-electron chi connectivity index (χ3n) is 7.82. The van der Waals surface area contributed by atoms with Crippen molar-refractivity contribution in [3.63, 3.8) is 0 Å². The van der Waals surface area contributed by atoms with E-state index < -0.39 is 11.9 Å². The van der Waals surface area contributed by atoms with Crippen LogP contribution in [0.5, 0.6) is 0 Å². The van der Waals surface area contributed by atoms with Crippen molar-refractivity contribution in [2.45, 2.75) is 13.1 Å². The summed E-state index contributed by atoms with van der Waals surface area (Å²) >= 11 is 0. The third-order valence-corrected chi connectivity index (χ3v) is 7.82. The Kier molecular flexibility index (Phi) is 9.91. The third kappa shape index (κ3) is 8.16. The zero-order valence-electron chi connectivity index (χ0n) is 26.8. The summed E-state index contributed by atoms with van der Waals surface area (Å²) in [5.41, 5.74) is 6.06. The molecule has 238 valence electrons. The van der Waals surface area contributed by atoms with E-state index in [4.69, 9.17) is 9.47 Å². The van der Waals surface area contributed by atoms with Gasteiger partial charge < -0.3 is 9.47 Å². The van der Waals surface area contributed by atoms with E-state index in [1.54, 1.807) is 24.3 Å². The summed E-state index contributed by atoms with van der Waals surface area (Å²) in [5, 5.41) is 0. The van der Waals surface area contributed by atoms with Gasteiger partial charge in [-0.1, -0.05) is 0 Å². The van der Waals surface area contributed by atoms with Gasteiger partial charge in [0.1, 0.15) is 14.1 Å². The van der Waals surface area contributed by atoms with Crippen LogP contribution < -0.4 is 18.3 Å². The molecule has 6 rings (SSSR count). The molecule has 10 nitrogen and oxygen atoms in total.